The lowest BCUT2D eigenvalue weighted by atomic mass is 10.00. The molecule has 3 aromatic rings. The van der Waals surface area contributed by atoms with E-state index in [-0.39, 0.29) is 17.9 Å². The zero-order valence-electron chi connectivity index (χ0n) is 14.6. The van der Waals surface area contributed by atoms with E-state index in [1.54, 1.807) is 42.6 Å². The molecular formula is C21H15BrN2O3S. The molecule has 3 heterocycles. The number of pyridine rings is 1. The van der Waals surface area contributed by atoms with Crippen LogP contribution in [0, 0.1) is 0 Å². The molecule has 1 aliphatic rings. The second-order valence-corrected chi connectivity index (χ2v) is 8.17. The van der Waals surface area contributed by atoms with Crippen molar-refractivity contribution in [3.05, 3.63) is 92.4 Å². The molecule has 0 bridgehead atoms. The molecule has 0 spiro atoms. The van der Waals surface area contributed by atoms with Crippen molar-refractivity contribution in [1.29, 1.82) is 0 Å². The maximum atomic E-state index is 12.9. The van der Waals surface area contributed by atoms with Gasteiger partial charge >= 0.3 is 0 Å². The van der Waals surface area contributed by atoms with Crippen molar-refractivity contribution < 1.29 is 14.7 Å². The minimum absolute atomic E-state index is 0.103. The zero-order chi connectivity index (χ0) is 19.7. The summed E-state index contributed by atoms with van der Waals surface area (Å²) in [4.78, 5) is 32.2. The summed E-state index contributed by atoms with van der Waals surface area (Å²) in [6.07, 6.45) is 1.65. The van der Waals surface area contributed by atoms with Crippen molar-refractivity contribution in [3.63, 3.8) is 0 Å². The summed E-state index contributed by atoms with van der Waals surface area (Å²) < 4.78 is 0.856. The Bertz CT molecular complexity index is 1050. The van der Waals surface area contributed by atoms with Gasteiger partial charge in [-0.15, -0.1) is 11.3 Å². The number of aliphatic hydroxyl groups excluding tert-OH is 1. The zero-order valence-corrected chi connectivity index (χ0v) is 17.0. The maximum absolute atomic E-state index is 12.9. The van der Waals surface area contributed by atoms with Gasteiger partial charge < -0.3 is 10.0 Å². The molecular weight excluding hydrogens is 440 g/mol. The summed E-state index contributed by atoms with van der Waals surface area (Å²) in [5, 5.41) is 12.8. The molecule has 1 fully saturated rings. The summed E-state index contributed by atoms with van der Waals surface area (Å²) in [6, 6.07) is 15.5. The van der Waals surface area contributed by atoms with Crippen molar-refractivity contribution in [2.24, 2.45) is 0 Å². The number of aliphatic hydroxyl groups is 1. The molecule has 28 heavy (non-hydrogen) atoms. The van der Waals surface area contributed by atoms with E-state index in [1.807, 2.05) is 23.6 Å². The molecule has 4 rings (SSSR count). The highest BCUT2D eigenvalue weighted by Crippen LogP contribution is 2.41. The summed E-state index contributed by atoms with van der Waals surface area (Å²) >= 11 is 4.80. The van der Waals surface area contributed by atoms with Crippen molar-refractivity contribution in [2.75, 3.05) is 0 Å². The number of thiophene rings is 1. The van der Waals surface area contributed by atoms with E-state index in [4.69, 9.17) is 0 Å². The van der Waals surface area contributed by atoms with Crippen LogP contribution in [0.25, 0.3) is 5.76 Å². The van der Waals surface area contributed by atoms with Crippen molar-refractivity contribution in [3.8, 4) is 0 Å². The second kappa shape index (κ2) is 7.69. The van der Waals surface area contributed by atoms with E-state index in [0.717, 1.165) is 9.35 Å². The number of hydrogen-bond acceptors (Lipinski definition) is 5. The van der Waals surface area contributed by atoms with E-state index in [0.29, 0.717) is 11.3 Å². The van der Waals surface area contributed by atoms with Crippen LogP contribution in [-0.4, -0.2) is 26.7 Å². The molecule has 1 amide bonds. The van der Waals surface area contributed by atoms with E-state index >= 15 is 0 Å². The van der Waals surface area contributed by atoms with Crippen LogP contribution >= 0.6 is 27.3 Å². The van der Waals surface area contributed by atoms with Crippen LogP contribution in [0.4, 0.5) is 0 Å². The largest absolute Gasteiger partial charge is 0.507 e. The summed E-state index contributed by atoms with van der Waals surface area (Å²) in [5.41, 5.74) is 1.26. The number of ketones is 1. The quantitative estimate of drug-likeness (QED) is 0.357. The predicted molar refractivity (Wildman–Crippen MR) is 111 cm³/mol. The summed E-state index contributed by atoms with van der Waals surface area (Å²) in [6.45, 7) is 0.186. The third kappa shape index (κ3) is 3.39. The molecule has 0 radical (unpaired) electrons. The molecule has 1 atom stereocenters. The minimum atomic E-state index is -0.685. The summed E-state index contributed by atoms with van der Waals surface area (Å²) in [5.74, 6) is -1.50. The number of likely N-dealkylation sites (tertiary alicyclic amines) is 1. The van der Waals surface area contributed by atoms with Gasteiger partial charge in [-0.05, 0) is 35.7 Å². The molecule has 1 N–H and O–H groups in total. The van der Waals surface area contributed by atoms with Gasteiger partial charge in [-0.3, -0.25) is 14.6 Å². The first kappa shape index (κ1) is 18.6. The van der Waals surface area contributed by atoms with Gasteiger partial charge in [-0.1, -0.05) is 40.2 Å². The molecule has 2 aromatic heterocycles. The Labute approximate surface area is 174 Å². The standard InChI is InChI=1S/C21H15BrN2O3S/c22-14-8-6-13(7-9-14)19(25)17-18(16-5-3-11-28-16)24(21(27)20(17)26)12-15-4-1-2-10-23-15/h1-11,18,25H,12H2/b19-17-. The highest BCUT2D eigenvalue weighted by molar-refractivity contribution is 9.10. The molecule has 1 saturated heterocycles. The van der Waals surface area contributed by atoms with E-state index in [1.165, 1.54) is 16.2 Å². The Morgan fingerprint density at radius 2 is 1.89 bits per heavy atom. The average molecular weight is 455 g/mol. The number of aromatic nitrogens is 1. The number of benzene rings is 1. The lowest BCUT2D eigenvalue weighted by Gasteiger charge is -2.23. The Balaban J connectivity index is 1.83. The predicted octanol–water partition coefficient (Wildman–Crippen LogP) is 4.53. The normalized spacial score (nSPS) is 18.6. The molecule has 7 heteroatoms. The minimum Gasteiger partial charge on any atom is -0.507 e. The Kier molecular flexibility index (Phi) is 5.11. The van der Waals surface area contributed by atoms with Gasteiger partial charge in [0.05, 0.1) is 17.8 Å². The van der Waals surface area contributed by atoms with E-state index in [2.05, 4.69) is 20.9 Å². The number of halogens is 1. The van der Waals surface area contributed by atoms with Crippen LogP contribution in [0.3, 0.4) is 0 Å². The number of rotatable bonds is 4. The topological polar surface area (TPSA) is 70.5 Å². The van der Waals surface area contributed by atoms with Crippen LogP contribution < -0.4 is 0 Å². The van der Waals surface area contributed by atoms with Crippen LogP contribution in [0.1, 0.15) is 22.2 Å². The Morgan fingerprint density at radius 1 is 1.11 bits per heavy atom. The van der Waals surface area contributed by atoms with Crippen LogP contribution in [0.2, 0.25) is 0 Å². The number of carbonyl (C=O) groups is 2. The van der Waals surface area contributed by atoms with Gasteiger partial charge in [0.25, 0.3) is 11.7 Å². The fraction of sp³-hybridized carbons (Fsp3) is 0.0952. The second-order valence-electron chi connectivity index (χ2n) is 6.27. The van der Waals surface area contributed by atoms with E-state index < -0.39 is 17.7 Å². The number of nitrogens with zero attached hydrogens (tertiary/aromatic N) is 2. The molecule has 5 nitrogen and oxygen atoms in total. The first-order chi connectivity index (χ1) is 13.6. The molecule has 0 aliphatic carbocycles. The molecule has 1 aromatic carbocycles. The molecule has 1 aliphatic heterocycles. The first-order valence-electron chi connectivity index (χ1n) is 8.54. The molecule has 1 unspecified atom stereocenters. The van der Waals surface area contributed by atoms with Gasteiger partial charge in [-0.25, -0.2) is 0 Å². The van der Waals surface area contributed by atoms with Crippen molar-refractivity contribution in [1.82, 2.24) is 9.88 Å². The summed E-state index contributed by atoms with van der Waals surface area (Å²) in [7, 11) is 0. The fourth-order valence-corrected chi connectivity index (χ4v) is 4.32. The third-order valence-electron chi connectivity index (χ3n) is 4.53. The van der Waals surface area contributed by atoms with Crippen LogP contribution in [0.5, 0.6) is 0 Å². The Morgan fingerprint density at radius 3 is 2.54 bits per heavy atom. The SMILES string of the molecule is O=C1C(=O)N(Cc2ccccn2)C(c2cccs2)/C1=C(/O)c1ccc(Br)cc1. The number of amides is 1. The van der Waals surface area contributed by atoms with Crippen LogP contribution in [0.15, 0.2) is 76.2 Å². The van der Waals surface area contributed by atoms with E-state index in [9.17, 15) is 14.7 Å². The molecule has 0 saturated carbocycles. The van der Waals surface area contributed by atoms with Gasteiger partial charge in [0.2, 0.25) is 0 Å². The average Bonchev–Trinajstić information content (AvgIpc) is 3.32. The Hall–Kier alpha value is -2.77. The van der Waals surface area contributed by atoms with Crippen LogP contribution in [-0.2, 0) is 16.1 Å². The van der Waals surface area contributed by atoms with Crippen molar-refractivity contribution in [2.45, 2.75) is 12.6 Å². The van der Waals surface area contributed by atoms with Gasteiger partial charge in [0, 0.05) is 21.1 Å². The number of carbonyl (C=O) groups excluding carboxylic acids is 2. The third-order valence-corrected chi connectivity index (χ3v) is 5.98. The van der Waals surface area contributed by atoms with Crippen molar-refractivity contribution >= 4 is 44.7 Å². The fourth-order valence-electron chi connectivity index (χ4n) is 3.22. The number of Topliss-reactive ketones (excluding diaryl/α,β-unsaturated/α-hetero) is 1. The maximum Gasteiger partial charge on any atom is 0.296 e. The highest BCUT2D eigenvalue weighted by atomic mass is 79.9. The van der Waals surface area contributed by atoms with Gasteiger partial charge in [0.1, 0.15) is 11.8 Å². The van der Waals surface area contributed by atoms with Gasteiger partial charge in [-0.2, -0.15) is 0 Å². The molecule has 140 valence electrons. The van der Waals surface area contributed by atoms with Gasteiger partial charge in [0.15, 0.2) is 0 Å². The lowest BCUT2D eigenvalue weighted by Crippen LogP contribution is -2.29. The monoisotopic (exact) mass is 454 g/mol. The highest BCUT2D eigenvalue weighted by Gasteiger charge is 2.46. The lowest BCUT2D eigenvalue weighted by molar-refractivity contribution is -0.140. The number of hydrogen-bond donors (Lipinski definition) is 1. The first-order valence-corrected chi connectivity index (χ1v) is 10.2. The smallest absolute Gasteiger partial charge is 0.296 e.